The molecule has 1 aliphatic carbocycles. The Balaban J connectivity index is 1.89. The van der Waals surface area contributed by atoms with E-state index < -0.39 is 15.9 Å². The van der Waals surface area contributed by atoms with Crippen LogP contribution in [-0.4, -0.2) is 36.9 Å². The first-order valence-corrected chi connectivity index (χ1v) is 10.8. The number of aliphatic hydroxyl groups excluding tert-OH is 1. The van der Waals surface area contributed by atoms with Crippen LogP contribution in [0.3, 0.4) is 0 Å². The van der Waals surface area contributed by atoms with Crippen molar-refractivity contribution in [3.8, 4) is 0 Å². The zero-order chi connectivity index (χ0) is 15.5. The Morgan fingerprint density at radius 3 is 2.86 bits per heavy atom. The van der Waals surface area contributed by atoms with E-state index in [1.165, 1.54) is 6.26 Å². The molecule has 3 nitrogen and oxygen atoms in total. The highest BCUT2D eigenvalue weighted by atomic mass is 79.9. The first kappa shape index (κ1) is 17.3. The van der Waals surface area contributed by atoms with Crippen molar-refractivity contribution in [3.05, 3.63) is 28.7 Å². The number of hydrogen-bond donors (Lipinski definition) is 1. The SMILES string of the molecule is CS(=O)(=O)C1CCCC(C(O)CSc2cccc(Br)c2)C1. The molecule has 3 unspecified atom stereocenters. The number of aliphatic hydroxyl groups is 1. The minimum absolute atomic E-state index is 0.0955. The second-order valence-electron chi connectivity index (χ2n) is 5.71. The van der Waals surface area contributed by atoms with E-state index in [4.69, 9.17) is 0 Å². The average Bonchev–Trinajstić information content (AvgIpc) is 2.44. The second-order valence-corrected chi connectivity index (χ2v) is 10.0. The molecule has 0 heterocycles. The van der Waals surface area contributed by atoms with Gasteiger partial charge in [-0.1, -0.05) is 28.4 Å². The summed E-state index contributed by atoms with van der Waals surface area (Å²) in [5.41, 5.74) is 0. The van der Waals surface area contributed by atoms with Gasteiger partial charge in [-0.25, -0.2) is 8.42 Å². The van der Waals surface area contributed by atoms with Crippen molar-refractivity contribution < 1.29 is 13.5 Å². The van der Waals surface area contributed by atoms with Gasteiger partial charge in [-0.15, -0.1) is 11.8 Å². The van der Waals surface area contributed by atoms with E-state index in [1.807, 2.05) is 24.3 Å². The molecule has 0 bridgehead atoms. The highest BCUT2D eigenvalue weighted by molar-refractivity contribution is 9.10. The Labute approximate surface area is 139 Å². The van der Waals surface area contributed by atoms with E-state index in [-0.39, 0.29) is 11.2 Å². The molecule has 1 aromatic carbocycles. The number of thioether (sulfide) groups is 1. The molecule has 1 aliphatic rings. The highest BCUT2D eigenvalue weighted by Gasteiger charge is 2.32. The standard InChI is InChI=1S/C15H21BrO3S2/c1-21(18,19)14-7-2-4-11(8-14)15(17)10-20-13-6-3-5-12(16)9-13/h3,5-6,9,11,14-15,17H,2,4,7-8,10H2,1H3. The molecule has 0 saturated heterocycles. The maximum atomic E-state index is 11.7. The van der Waals surface area contributed by atoms with Gasteiger partial charge in [0.2, 0.25) is 0 Å². The lowest BCUT2D eigenvalue weighted by Crippen LogP contribution is -2.34. The molecule has 0 spiro atoms. The molecule has 0 amide bonds. The summed E-state index contributed by atoms with van der Waals surface area (Å²) in [6.45, 7) is 0. The quantitative estimate of drug-likeness (QED) is 0.778. The lowest BCUT2D eigenvalue weighted by molar-refractivity contribution is 0.106. The van der Waals surface area contributed by atoms with Crippen LogP contribution in [0.4, 0.5) is 0 Å². The molecule has 0 radical (unpaired) electrons. The molecule has 3 atom stereocenters. The van der Waals surface area contributed by atoms with Gasteiger partial charge >= 0.3 is 0 Å². The van der Waals surface area contributed by atoms with Gasteiger partial charge in [0.25, 0.3) is 0 Å². The van der Waals surface area contributed by atoms with E-state index in [9.17, 15) is 13.5 Å². The molecule has 1 saturated carbocycles. The lowest BCUT2D eigenvalue weighted by Gasteiger charge is -2.31. The van der Waals surface area contributed by atoms with Crippen molar-refractivity contribution in [2.45, 2.75) is 41.9 Å². The van der Waals surface area contributed by atoms with Gasteiger partial charge in [-0.3, -0.25) is 0 Å². The summed E-state index contributed by atoms with van der Waals surface area (Å²) in [6.07, 6.45) is 4.01. The normalized spacial score (nSPS) is 24.7. The minimum atomic E-state index is -2.99. The van der Waals surface area contributed by atoms with Crippen LogP contribution in [-0.2, 0) is 9.84 Å². The Morgan fingerprint density at radius 1 is 1.43 bits per heavy atom. The fourth-order valence-corrected chi connectivity index (χ4v) is 5.56. The van der Waals surface area contributed by atoms with E-state index in [2.05, 4.69) is 15.9 Å². The van der Waals surface area contributed by atoms with E-state index in [0.717, 1.165) is 28.6 Å². The molecule has 2 rings (SSSR count). The van der Waals surface area contributed by atoms with Gasteiger partial charge in [0, 0.05) is 21.4 Å². The van der Waals surface area contributed by atoms with Crippen molar-refractivity contribution in [2.24, 2.45) is 5.92 Å². The maximum Gasteiger partial charge on any atom is 0.150 e. The molecule has 0 aliphatic heterocycles. The van der Waals surface area contributed by atoms with Gasteiger partial charge in [0.1, 0.15) is 9.84 Å². The van der Waals surface area contributed by atoms with E-state index in [1.54, 1.807) is 11.8 Å². The van der Waals surface area contributed by atoms with Crippen LogP contribution < -0.4 is 0 Å². The highest BCUT2D eigenvalue weighted by Crippen LogP contribution is 2.33. The lowest BCUT2D eigenvalue weighted by atomic mass is 9.85. The summed E-state index contributed by atoms with van der Waals surface area (Å²) in [7, 11) is -2.99. The van der Waals surface area contributed by atoms with Crippen molar-refractivity contribution in [2.75, 3.05) is 12.0 Å². The van der Waals surface area contributed by atoms with Gasteiger partial charge < -0.3 is 5.11 Å². The Kier molecular flexibility index (Phi) is 6.17. The average molecular weight is 393 g/mol. The fraction of sp³-hybridized carbons (Fsp3) is 0.600. The number of hydrogen-bond acceptors (Lipinski definition) is 4. The molecule has 1 N–H and O–H groups in total. The fourth-order valence-electron chi connectivity index (χ4n) is 2.79. The predicted molar refractivity (Wildman–Crippen MR) is 91.5 cm³/mol. The first-order chi connectivity index (χ1) is 9.86. The third-order valence-electron chi connectivity index (χ3n) is 4.03. The largest absolute Gasteiger partial charge is 0.392 e. The summed E-state index contributed by atoms with van der Waals surface area (Å²) in [5.74, 6) is 0.704. The van der Waals surface area contributed by atoms with Crippen LogP contribution in [0, 0.1) is 5.92 Å². The summed E-state index contributed by atoms with van der Waals surface area (Å²) in [5, 5.41) is 10.1. The van der Waals surface area contributed by atoms with Crippen LogP contribution in [0.5, 0.6) is 0 Å². The molecule has 1 fully saturated rings. The number of halogens is 1. The first-order valence-electron chi connectivity index (χ1n) is 7.11. The van der Waals surface area contributed by atoms with E-state index >= 15 is 0 Å². The monoisotopic (exact) mass is 392 g/mol. The Bertz CT molecular complexity index is 574. The smallest absolute Gasteiger partial charge is 0.150 e. The third kappa shape index (κ3) is 5.27. The molecule has 1 aromatic rings. The van der Waals surface area contributed by atoms with Crippen LogP contribution >= 0.6 is 27.7 Å². The van der Waals surface area contributed by atoms with Gasteiger partial charge in [-0.05, 0) is 43.4 Å². The maximum absolute atomic E-state index is 11.7. The zero-order valence-corrected chi connectivity index (χ0v) is 15.3. The summed E-state index contributed by atoms with van der Waals surface area (Å²) in [6, 6.07) is 7.98. The number of benzene rings is 1. The number of rotatable bonds is 5. The Morgan fingerprint density at radius 2 is 2.19 bits per heavy atom. The molecular formula is C15H21BrO3S2. The topological polar surface area (TPSA) is 54.4 Å². The Hall–Kier alpha value is -0.0400. The number of sulfone groups is 1. The molecule has 21 heavy (non-hydrogen) atoms. The van der Waals surface area contributed by atoms with Crippen molar-refractivity contribution in [3.63, 3.8) is 0 Å². The third-order valence-corrected chi connectivity index (χ3v) is 7.26. The van der Waals surface area contributed by atoms with Crippen LogP contribution in [0.25, 0.3) is 0 Å². The molecular weight excluding hydrogens is 372 g/mol. The second kappa shape index (κ2) is 7.49. The molecule has 118 valence electrons. The van der Waals surface area contributed by atoms with Crippen LogP contribution in [0.2, 0.25) is 0 Å². The van der Waals surface area contributed by atoms with Crippen LogP contribution in [0.15, 0.2) is 33.6 Å². The predicted octanol–water partition coefficient (Wildman–Crippen LogP) is 3.51. The van der Waals surface area contributed by atoms with Crippen LogP contribution in [0.1, 0.15) is 25.7 Å². The van der Waals surface area contributed by atoms with Crippen molar-refractivity contribution in [1.82, 2.24) is 0 Å². The minimum Gasteiger partial charge on any atom is -0.392 e. The summed E-state index contributed by atoms with van der Waals surface area (Å²) >= 11 is 5.05. The van der Waals surface area contributed by atoms with Gasteiger partial charge in [-0.2, -0.15) is 0 Å². The van der Waals surface area contributed by atoms with Crippen molar-refractivity contribution in [1.29, 1.82) is 0 Å². The van der Waals surface area contributed by atoms with Gasteiger partial charge in [0.15, 0.2) is 0 Å². The summed E-state index contributed by atoms with van der Waals surface area (Å²) in [4.78, 5) is 1.11. The zero-order valence-electron chi connectivity index (χ0n) is 12.0. The summed E-state index contributed by atoms with van der Waals surface area (Å²) < 4.78 is 24.4. The molecule has 6 heteroatoms. The van der Waals surface area contributed by atoms with Crippen molar-refractivity contribution >= 4 is 37.5 Å². The van der Waals surface area contributed by atoms with Gasteiger partial charge in [0.05, 0.1) is 11.4 Å². The van der Waals surface area contributed by atoms with E-state index in [0.29, 0.717) is 12.2 Å². The molecule has 0 aromatic heterocycles.